The molecule has 3 rings (SSSR count). The summed E-state index contributed by atoms with van der Waals surface area (Å²) >= 11 is 0. The highest BCUT2D eigenvalue weighted by atomic mass is 16.5. The van der Waals surface area contributed by atoms with Crippen molar-refractivity contribution in [1.29, 1.82) is 0 Å². The van der Waals surface area contributed by atoms with Crippen LogP contribution in [-0.2, 0) is 11.3 Å². The summed E-state index contributed by atoms with van der Waals surface area (Å²) in [6.45, 7) is 8.43. The van der Waals surface area contributed by atoms with Gasteiger partial charge in [-0.25, -0.2) is 0 Å². The number of ether oxygens (including phenoxy) is 1. The molecule has 1 atom stereocenters. The molecule has 1 aromatic heterocycles. The standard InChI is InChI=1S/C22H31N5O2/c1-4-19(29-22-24-15(2)20(23)16(3)25-22)21(28)26-18-10-12-27(13-11-18)14-17-8-6-5-7-9-17/h5-9,18-19H,4,10-14,23H2,1-3H3,(H,26,28). The van der Waals surface area contributed by atoms with Gasteiger partial charge in [-0.15, -0.1) is 0 Å². The smallest absolute Gasteiger partial charge is 0.317 e. The lowest BCUT2D eigenvalue weighted by atomic mass is 10.0. The Morgan fingerprint density at radius 2 is 1.83 bits per heavy atom. The van der Waals surface area contributed by atoms with Crippen LogP contribution in [0.5, 0.6) is 6.01 Å². The molecule has 2 aromatic rings. The van der Waals surface area contributed by atoms with Crippen molar-refractivity contribution in [2.24, 2.45) is 0 Å². The van der Waals surface area contributed by atoms with Gasteiger partial charge in [0.05, 0.1) is 17.1 Å². The van der Waals surface area contributed by atoms with Crippen molar-refractivity contribution in [2.45, 2.75) is 58.7 Å². The maximum atomic E-state index is 12.7. The van der Waals surface area contributed by atoms with Gasteiger partial charge >= 0.3 is 6.01 Å². The Morgan fingerprint density at radius 1 is 1.21 bits per heavy atom. The van der Waals surface area contributed by atoms with Gasteiger partial charge in [-0.05, 0) is 38.7 Å². The number of nitrogens with one attached hydrogen (secondary N) is 1. The van der Waals surface area contributed by atoms with Crippen LogP contribution in [0.15, 0.2) is 30.3 Å². The molecule has 0 aliphatic carbocycles. The van der Waals surface area contributed by atoms with Crippen LogP contribution >= 0.6 is 0 Å². The second kappa shape index (κ2) is 9.69. The van der Waals surface area contributed by atoms with E-state index in [-0.39, 0.29) is 18.0 Å². The number of rotatable bonds is 7. The molecular formula is C22H31N5O2. The third kappa shape index (κ3) is 5.67. The quantitative estimate of drug-likeness (QED) is 0.746. The number of carbonyl (C=O) groups is 1. The second-order valence-corrected chi connectivity index (χ2v) is 7.65. The summed E-state index contributed by atoms with van der Waals surface area (Å²) in [5.74, 6) is -0.107. The van der Waals surface area contributed by atoms with Gasteiger partial charge in [-0.3, -0.25) is 9.69 Å². The van der Waals surface area contributed by atoms with Crippen LogP contribution in [0.3, 0.4) is 0 Å². The lowest BCUT2D eigenvalue weighted by molar-refractivity contribution is -0.129. The van der Waals surface area contributed by atoms with E-state index in [1.807, 2.05) is 13.0 Å². The first-order chi connectivity index (χ1) is 14.0. The second-order valence-electron chi connectivity index (χ2n) is 7.65. The number of piperidine rings is 1. The van der Waals surface area contributed by atoms with E-state index in [9.17, 15) is 4.79 Å². The van der Waals surface area contributed by atoms with Crippen LogP contribution in [0.1, 0.15) is 43.1 Å². The van der Waals surface area contributed by atoms with Gasteiger partial charge in [0.25, 0.3) is 5.91 Å². The first kappa shape index (κ1) is 21.0. The molecule has 0 bridgehead atoms. The van der Waals surface area contributed by atoms with Gasteiger partial charge in [-0.1, -0.05) is 37.3 Å². The van der Waals surface area contributed by atoms with Gasteiger partial charge < -0.3 is 15.8 Å². The number of anilines is 1. The zero-order valence-electron chi connectivity index (χ0n) is 17.5. The van der Waals surface area contributed by atoms with Crippen LogP contribution in [-0.4, -0.2) is 46.0 Å². The van der Waals surface area contributed by atoms with Gasteiger partial charge in [0.2, 0.25) is 0 Å². The van der Waals surface area contributed by atoms with Crippen LogP contribution in [0, 0.1) is 13.8 Å². The molecule has 1 amide bonds. The van der Waals surface area contributed by atoms with E-state index in [1.54, 1.807) is 13.8 Å². The molecule has 7 heteroatoms. The average molecular weight is 398 g/mol. The van der Waals surface area contributed by atoms with Crippen molar-refractivity contribution < 1.29 is 9.53 Å². The van der Waals surface area contributed by atoms with Crippen LogP contribution in [0.2, 0.25) is 0 Å². The van der Waals surface area contributed by atoms with E-state index in [1.165, 1.54) is 5.56 Å². The van der Waals surface area contributed by atoms with E-state index < -0.39 is 6.10 Å². The summed E-state index contributed by atoms with van der Waals surface area (Å²) in [6, 6.07) is 10.9. The maximum absolute atomic E-state index is 12.7. The van der Waals surface area contributed by atoms with Crippen LogP contribution in [0.25, 0.3) is 0 Å². The molecule has 7 nitrogen and oxygen atoms in total. The van der Waals surface area contributed by atoms with Gasteiger partial charge in [0.1, 0.15) is 0 Å². The molecule has 1 fully saturated rings. The van der Waals surface area contributed by atoms with Crippen molar-refractivity contribution in [3.05, 3.63) is 47.3 Å². The zero-order chi connectivity index (χ0) is 20.8. The number of aryl methyl sites for hydroxylation is 2. The molecular weight excluding hydrogens is 366 g/mol. The first-order valence-corrected chi connectivity index (χ1v) is 10.3. The number of nitrogen functional groups attached to an aromatic ring is 1. The van der Waals surface area contributed by atoms with E-state index >= 15 is 0 Å². The highest BCUT2D eigenvalue weighted by Crippen LogP contribution is 2.18. The van der Waals surface area contributed by atoms with E-state index in [0.29, 0.717) is 23.5 Å². The van der Waals surface area contributed by atoms with E-state index in [4.69, 9.17) is 10.5 Å². The largest absolute Gasteiger partial charge is 0.450 e. The number of nitrogens with zero attached hydrogens (tertiary/aromatic N) is 3. The molecule has 156 valence electrons. The summed E-state index contributed by atoms with van der Waals surface area (Å²) in [5.41, 5.74) is 9.09. The normalized spacial score (nSPS) is 16.4. The lowest BCUT2D eigenvalue weighted by Gasteiger charge is -2.33. The predicted molar refractivity (Wildman–Crippen MR) is 114 cm³/mol. The molecule has 0 saturated carbocycles. The van der Waals surface area contributed by atoms with E-state index in [2.05, 4.69) is 44.5 Å². The third-order valence-electron chi connectivity index (χ3n) is 5.40. The molecule has 0 spiro atoms. The number of amides is 1. The number of carbonyl (C=O) groups excluding carboxylic acids is 1. The van der Waals surface area contributed by atoms with Crippen molar-refractivity contribution in [2.75, 3.05) is 18.8 Å². The third-order valence-corrected chi connectivity index (χ3v) is 5.40. The number of benzene rings is 1. The summed E-state index contributed by atoms with van der Waals surface area (Å²) in [4.78, 5) is 23.7. The monoisotopic (exact) mass is 397 g/mol. The Labute approximate surface area is 172 Å². The number of aromatic nitrogens is 2. The molecule has 1 aromatic carbocycles. The fourth-order valence-electron chi connectivity index (χ4n) is 3.57. The predicted octanol–water partition coefficient (Wildman–Crippen LogP) is 2.61. The summed E-state index contributed by atoms with van der Waals surface area (Å²) < 4.78 is 5.78. The SMILES string of the molecule is CCC(Oc1nc(C)c(N)c(C)n1)C(=O)NC1CCN(Cc2ccccc2)CC1. The minimum Gasteiger partial charge on any atom is -0.450 e. The Kier molecular flexibility index (Phi) is 7.04. The topological polar surface area (TPSA) is 93.4 Å². The van der Waals surface area contributed by atoms with Crippen molar-refractivity contribution in [3.8, 4) is 6.01 Å². The fraction of sp³-hybridized carbons (Fsp3) is 0.500. The molecule has 1 saturated heterocycles. The van der Waals surface area contributed by atoms with Gasteiger partial charge in [-0.2, -0.15) is 9.97 Å². The van der Waals surface area contributed by atoms with E-state index in [0.717, 1.165) is 32.5 Å². The van der Waals surface area contributed by atoms with Crippen molar-refractivity contribution >= 4 is 11.6 Å². The molecule has 1 unspecified atom stereocenters. The maximum Gasteiger partial charge on any atom is 0.317 e. The molecule has 2 heterocycles. The Morgan fingerprint density at radius 3 is 2.41 bits per heavy atom. The molecule has 3 N–H and O–H groups in total. The molecule has 1 aliphatic rings. The number of likely N-dealkylation sites (tertiary alicyclic amines) is 1. The lowest BCUT2D eigenvalue weighted by Crippen LogP contribution is -2.48. The van der Waals surface area contributed by atoms with Crippen LogP contribution < -0.4 is 15.8 Å². The zero-order valence-corrected chi connectivity index (χ0v) is 17.5. The van der Waals surface area contributed by atoms with Crippen molar-refractivity contribution in [1.82, 2.24) is 20.2 Å². The first-order valence-electron chi connectivity index (χ1n) is 10.3. The minimum absolute atomic E-state index is 0.107. The molecule has 0 radical (unpaired) electrons. The minimum atomic E-state index is -0.611. The summed E-state index contributed by atoms with van der Waals surface area (Å²) in [7, 11) is 0. The highest BCUT2D eigenvalue weighted by molar-refractivity contribution is 5.81. The Hall–Kier alpha value is -2.67. The number of hydrogen-bond acceptors (Lipinski definition) is 6. The van der Waals surface area contributed by atoms with Crippen molar-refractivity contribution in [3.63, 3.8) is 0 Å². The summed E-state index contributed by atoms with van der Waals surface area (Å²) in [5, 5.41) is 3.14. The number of hydrogen-bond donors (Lipinski definition) is 2. The average Bonchev–Trinajstić information content (AvgIpc) is 2.72. The Bertz CT molecular complexity index is 796. The van der Waals surface area contributed by atoms with Gasteiger partial charge in [0, 0.05) is 25.7 Å². The molecule has 1 aliphatic heterocycles. The van der Waals surface area contributed by atoms with Gasteiger partial charge in [0.15, 0.2) is 6.10 Å². The fourth-order valence-corrected chi connectivity index (χ4v) is 3.57. The molecule has 29 heavy (non-hydrogen) atoms. The van der Waals surface area contributed by atoms with Crippen LogP contribution in [0.4, 0.5) is 5.69 Å². The Balaban J connectivity index is 1.50. The highest BCUT2D eigenvalue weighted by Gasteiger charge is 2.26. The number of nitrogens with two attached hydrogens (primary N) is 1. The summed E-state index contributed by atoms with van der Waals surface area (Å²) in [6.07, 6.45) is 1.81.